The van der Waals surface area contributed by atoms with E-state index in [0.29, 0.717) is 44.0 Å². The van der Waals surface area contributed by atoms with Crippen molar-refractivity contribution in [2.45, 2.75) is 31.5 Å². The number of nitrogens with zero attached hydrogens (tertiary/aromatic N) is 2. The van der Waals surface area contributed by atoms with Gasteiger partial charge in [-0.1, -0.05) is 0 Å². The number of piperidine rings is 1. The molecular weight excluding hydrogens is 380 g/mol. The first-order valence-electron chi connectivity index (χ1n) is 9.04. The topological polar surface area (TPSA) is 49.9 Å². The van der Waals surface area contributed by atoms with Gasteiger partial charge in [-0.25, -0.2) is 4.39 Å². The van der Waals surface area contributed by atoms with Crippen molar-refractivity contribution in [3.05, 3.63) is 35.1 Å². The molecule has 2 saturated heterocycles. The van der Waals surface area contributed by atoms with E-state index in [1.165, 1.54) is 4.90 Å². The Balaban J connectivity index is 1.70. The predicted octanol–water partition coefficient (Wildman–Crippen LogP) is 2.94. The monoisotopic (exact) mass is 402 g/mol. The number of hydrogen-bond acceptors (Lipinski definition) is 4. The molecule has 1 atom stereocenters. The summed E-state index contributed by atoms with van der Waals surface area (Å²) in [5.41, 5.74) is -2.36. The zero-order chi connectivity index (χ0) is 20.7. The van der Waals surface area contributed by atoms with Crippen LogP contribution in [0.2, 0.25) is 0 Å². The lowest BCUT2D eigenvalue weighted by Gasteiger charge is -2.36. The molecule has 2 heterocycles. The van der Waals surface area contributed by atoms with Gasteiger partial charge in [0.25, 0.3) is 5.91 Å². The van der Waals surface area contributed by atoms with Crippen LogP contribution in [0.4, 0.5) is 17.6 Å². The molecule has 0 saturated carbocycles. The maximum atomic E-state index is 14.0. The lowest BCUT2D eigenvalue weighted by Crippen LogP contribution is -2.45. The van der Waals surface area contributed by atoms with Gasteiger partial charge in [0.2, 0.25) is 0 Å². The average molecular weight is 402 g/mol. The van der Waals surface area contributed by atoms with Crippen molar-refractivity contribution >= 4 is 11.9 Å². The quantitative estimate of drug-likeness (QED) is 0.576. The van der Waals surface area contributed by atoms with Gasteiger partial charge >= 0.3 is 12.1 Å². The Morgan fingerprint density at radius 2 is 1.93 bits per heavy atom. The van der Waals surface area contributed by atoms with Crippen molar-refractivity contribution in [3.63, 3.8) is 0 Å². The largest absolute Gasteiger partial charge is 0.461 e. The Kier molecular flexibility index (Phi) is 5.40. The Hall–Kier alpha value is -2.16. The summed E-state index contributed by atoms with van der Waals surface area (Å²) in [6, 6.07) is 1.80. The molecule has 2 fully saturated rings. The van der Waals surface area contributed by atoms with E-state index >= 15 is 0 Å². The van der Waals surface area contributed by atoms with Crippen LogP contribution in [0, 0.1) is 11.2 Å². The Bertz CT molecular complexity index is 771. The molecule has 9 heteroatoms. The van der Waals surface area contributed by atoms with Gasteiger partial charge in [-0.05, 0) is 45.1 Å². The summed E-state index contributed by atoms with van der Waals surface area (Å²) < 4.78 is 58.1. The van der Waals surface area contributed by atoms with Crippen LogP contribution < -0.4 is 0 Å². The third-order valence-electron chi connectivity index (χ3n) is 5.43. The zero-order valence-electron chi connectivity index (χ0n) is 15.7. The number of esters is 1. The zero-order valence-corrected chi connectivity index (χ0v) is 15.7. The van der Waals surface area contributed by atoms with E-state index in [1.54, 1.807) is 0 Å². The van der Waals surface area contributed by atoms with Crippen molar-refractivity contribution in [2.75, 3.05) is 33.7 Å². The molecule has 1 amide bonds. The smallest absolute Gasteiger partial charge is 0.416 e. The van der Waals surface area contributed by atoms with Gasteiger partial charge in [0.1, 0.15) is 11.9 Å². The summed E-state index contributed by atoms with van der Waals surface area (Å²) in [4.78, 5) is 28.2. The number of likely N-dealkylation sites (tertiary alicyclic amines) is 1. The highest BCUT2D eigenvalue weighted by molar-refractivity contribution is 5.95. The van der Waals surface area contributed by atoms with E-state index in [0.717, 1.165) is 0 Å². The molecule has 1 aromatic carbocycles. The van der Waals surface area contributed by atoms with E-state index in [4.69, 9.17) is 4.74 Å². The molecule has 28 heavy (non-hydrogen) atoms. The maximum Gasteiger partial charge on any atom is 0.416 e. The number of cyclic esters (lactones) is 1. The van der Waals surface area contributed by atoms with Gasteiger partial charge in [-0.2, -0.15) is 13.2 Å². The van der Waals surface area contributed by atoms with Crippen molar-refractivity contribution in [1.29, 1.82) is 0 Å². The van der Waals surface area contributed by atoms with Gasteiger partial charge < -0.3 is 14.5 Å². The van der Waals surface area contributed by atoms with Crippen molar-refractivity contribution < 1.29 is 31.9 Å². The molecule has 1 spiro atoms. The van der Waals surface area contributed by atoms with Crippen LogP contribution in [0.25, 0.3) is 0 Å². The van der Waals surface area contributed by atoms with Crippen molar-refractivity contribution in [3.8, 4) is 0 Å². The second-order valence-corrected chi connectivity index (χ2v) is 7.76. The maximum absolute atomic E-state index is 14.0. The molecule has 0 N–H and O–H groups in total. The minimum atomic E-state index is -4.66. The average Bonchev–Trinajstić information content (AvgIpc) is 2.88. The van der Waals surface area contributed by atoms with Gasteiger partial charge in [0, 0.05) is 26.1 Å². The van der Waals surface area contributed by atoms with Crippen LogP contribution in [0.15, 0.2) is 18.2 Å². The molecule has 2 aliphatic rings. The number of carbonyl (C=O) groups excluding carboxylic acids is 2. The summed E-state index contributed by atoms with van der Waals surface area (Å²) in [6.45, 7) is 0.933. The summed E-state index contributed by atoms with van der Waals surface area (Å²) in [5.74, 6) is -2.09. The number of halogens is 4. The molecule has 3 rings (SSSR count). The number of likely N-dealkylation sites (N-methyl/N-ethyl adjacent to an activating group) is 1. The van der Waals surface area contributed by atoms with Crippen LogP contribution in [0.1, 0.15) is 35.2 Å². The van der Waals surface area contributed by atoms with Crippen LogP contribution in [-0.2, 0) is 15.7 Å². The number of alkyl halides is 3. The lowest BCUT2D eigenvalue weighted by atomic mass is 9.76. The summed E-state index contributed by atoms with van der Waals surface area (Å²) in [7, 11) is 3.76. The molecular formula is C19H22F4N2O3. The van der Waals surface area contributed by atoms with E-state index in [9.17, 15) is 27.2 Å². The second-order valence-electron chi connectivity index (χ2n) is 7.76. The van der Waals surface area contributed by atoms with E-state index in [-0.39, 0.29) is 25.2 Å². The molecule has 1 aromatic rings. The number of ether oxygens (including phenoxy) is 1. The standard InChI is InChI=1S/C19H22F4N2O3/c1-24(2)11-13-10-18(17(27)28-13)5-7-25(8-6-18)16(26)14-9-12(19(21,22)23)3-4-15(14)20/h3-4,9,13H,5-8,10-11H2,1-2H3. The highest BCUT2D eigenvalue weighted by Crippen LogP contribution is 2.43. The molecule has 0 aromatic heterocycles. The number of hydrogen-bond donors (Lipinski definition) is 0. The SMILES string of the molecule is CN(C)CC1CC2(CCN(C(=O)c3cc(C(F)(F)F)ccc3F)CC2)C(=O)O1. The van der Waals surface area contributed by atoms with Gasteiger partial charge in [0.05, 0.1) is 16.5 Å². The molecule has 154 valence electrons. The normalized spacial score (nSPS) is 22.0. The highest BCUT2D eigenvalue weighted by atomic mass is 19.4. The van der Waals surface area contributed by atoms with E-state index in [1.807, 2.05) is 19.0 Å². The third kappa shape index (κ3) is 3.99. The number of benzene rings is 1. The summed E-state index contributed by atoms with van der Waals surface area (Å²) >= 11 is 0. The van der Waals surface area contributed by atoms with Crippen LogP contribution in [0.3, 0.4) is 0 Å². The first-order valence-corrected chi connectivity index (χ1v) is 9.04. The van der Waals surface area contributed by atoms with Crippen LogP contribution in [-0.4, -0.2) is 61.5 Å². The number of amides is 1. The van der Waals surface area contributed by atoms with Crippen molar-refractivity contribution in [2.24, 2.45) is 5.41 Å². The van der Waals surface area contributed by atoms with Gasteiger partial charge in [0.15, 0.2) is 0 Å². The predicted molar refractivity (Wildman–Crippen MR) is 92.0 cm³/mol. The summed E-state index contributed by atoms with van der Waals surface area (Å²) in [6.07, 6.45) is -3.64. The van der Waals surface area contributed by atoms with E-state index < -0.39 is 34.4 Å². The second kappa shape index (κ2) is 7.35. The molecule has 1 unspecified atom stereocenters. The Morgan fingerprint density at radius 1 is 1.29 bits per heavy atom. The minimum absolute atomic E-state index is 0.165. The molecule has 0 bridgehead atoms. The Labute approximate surface area is 160 Å². The first-order chi connectivity index (χ1) is 13.0. The fraction of sp³-hybridized carbons (Fsp3) is 0.579. The lowest BCUT2D eigenvalue weighted by molar-refractivity contribution is -0.150. The highest BCUT2D eigenvalue weighted by Gasteiger charge is 2.51. The molecule has 0 aliphatic carbocycles. The van der Waals surface area contributed by atoms with Crippen LogP contribution >= 0.6 is 0 Å². The van der Waals surface area contributed by atoms with Gasteiger partial charge in [-0.15, -0.1) is 0 Å². The number of carbonyl (C=O) groups is 2. The molecule has 0 radical (unpaired) electrons. The molecule has 5 nitrogen and oxygen atoms in total. The number of rotatable bonds is 3. The Morgan fingerprint density at radius 3 is 2.50 bits per heavy atom. The minimum Gasteiger partial charge on any atom is -0.461 e. The van der Waals surface area contributed by atoms with Gasteiger partial charge in [-0.3, -0.25) is 9.59 Å². The van der Waals surface area contributed by atoms with E-state index in [2.05, 4.69) is 0 Å². The molecule has 2 aliphatic heterocycles. The summed E-state index contributed by atoms with van der Waals surface area (Å²) in [5, 5.41) is 0. The van der Waals surface area contributed by atoms with Crippen molar-refractivity contribution in [1.82, 2.24) is 9.80 Å². The fourth-order valence-corrected chi connectivity index (χ4v) is 3.93. The van der Waals surface area contributed by atoms with Crippen LogP contribution in [0.5, 0.6) is 0 Å². The first kappa shape index (κ1) is 20.6. The third-order valence-corrected chi connectivity index (χ3v) is 5.43. The fourth-order valence-electron chi connectivity index (χ4n) is 3.93.